The van der Waals surface area contributed by atoms with Crippen LogP contribution >= 0.6 is 0 Å². The Bertz CT molecular complexity index is 663. The molecule has 21 heavy (non-hydrogen) atoms. The highest BCUT2D eigenvalue weighted by Gasteiger charge is 2.34. The molecule has 108 valence electrons. The second kappa shape index (κ2) is 5.83. The SMILES string of the molecule is CC(Oc1ccc(C#N)c(C(F)(F)F)c1)c1ccccn1. The highest BCUT2D eigenvalue weighted by molar-refractivity contribution is 5.44. The molecule has 3 nitrogen and oxygen atoms in total. The van der Waals surface area contributed by atoms with Gasteiger partial charge in [-0.3, -0.25) is 4.98 Å². The molecule has 0 radical (unpaired) electrons. The van der Waals surface area contributed by atoms with Gasteiger partial charge in [-0.15, -0.1) is 0 Å². The van der Waals surface area contributed by atoms with Crippen molar-refractivity contribution in [1.82, 2.24) is 4.98 Å². The fourth-order valence-corrected chi connectivity index (χ4v) is 1.81. The first-order valence-corrected chi connectivity index (χ1v) is 6.10. The zero-order chi connectivity index (χ0) is 15.5. The van der Waals surface area contributed by atoms with Gasteiger partial charge in [-0.2, -0.15) is 18.4 Å². The van der Waals surface area contributed by atoms with Crippen LogP contribution in [0.25, 0.3) is 0 Å². The molecule has 1 atom stereocenters. The Hall–Kier alpha value is -2.55. The minimum absolute atomic E-state index is 0.0412. The lowest BCUT2D eigenvalue weighted by Crippen LogP contribution is -2.10. The van der Waals surface area contributed by atoms with Crippen molar-refractivity contribution in [3.8, 4) is 11.8 Å². The molecular weight excluding hydrogens is 281 g/mol. The van der Waals surface area contributed by atoms with Crippen molar-refractivity contribution in [2.75, 3.05) is 0 Å². The third kappa shape index (κ3) is 3.51. The molecule has 6 heteroatoms. The zero-order valence-electron chi connectivity index (χ0n) is 11.1. The number of rotatable bonds is 3. The van der Waals surface area contributed by atoms with Crippen LogP contribution in [0.5, 0.6) is 5.75 Å². The molecule has 0 saturated carbocycles. The number of nitrogens with zero attached hydrogens (tertiary/aromatic N) is 2. The minimum atomic E-state index is -4.60. The maximum atomic E-state index is 12.9. The van der Waals surface area contributed by atoms with Crippen LogP contribution in [-0.4, -0.2) is 4.98 Å². The van der Waals surface area contributed by atoms with Gasteiger partial charge in [0, 0.05) is 6.20 Å². The molecule has 0 fully saturated rings. The molecule has 2 rings (SSSR count). The summed E-state index contributed by atoms with van der Waals surface area (Å²) in [5.41, 5.74) is -0.827. The zero-order valence-corrected chi connectivity index (χ0v) is 11.1. The Morgan fingerprint density at radius 2 is 2.00 bits per heavy atom. The number of pyridine rings is 1. The molecular formula is C15H11F3N2O. The normalized spacial score (nSPS) is 12.5. The average Bonchev–Trinajstić information content (AvgIpc) is 2.47. The van der Waals surface area contributed by atoms with Crippen LogP contribution in [0.2, 0.25) is 0 Å². The smallest absolute Gasteiger partial charge is 0.417 e. The second-order valence-electron chi connectivity index (χ2n) is 4.33. The van der Waals surface area contributed by atoms with Crippen LogP contribution in [0.15, 0.2) is 42.6 Å². The first kappa shape index (κ1) is 14.9. The molecule has 0 aliphatic heterocycles. The third-order valence-electron chi connectivity index (χ3n) is 2.83. The Kier molecular flexibility index (Phi) is 4.13. The van der Waals surface area contributed by atoms with Crippen LogP contribution in [0.4, 0.5) is 13.2 Å². The van der Waals surface area contributed by atoms with E-state index in [4.69, 9.17) is 10.00 Å². The van der Waals surface area contributed by atoms with E-state index in [9.17, 15) is 13.2 Å². The number of alkyl halides is 3. The first-order valence-electron chi connectivity index (χ1n) is 6.10. The van der Waals surface area contributed by atoms with Gasteiger partial charge in [0.2, 0.25) is 0 Å². The van der Waals surface area contributed by atoms with Crippen molar-refractivity contribution < 1.29 is 17.9 Å². The minimum Gasteiger partial charge on any atom is -0.484 e. The molecule has 0 aliphatic carbocycles. The van der Waals surface area contributed by atoms with Crippen LogP contribution in [-0.2, 0) is 6.18 Å². The molecule has 1 heterocycles. The summed E-state index contributed by atoms with van der Waals surface area (Å²) in [5, 5.41) is 8.73. The van der Waals surface area contributed by atoms with E-state index < -0.39 is 23.4 Å². The van der Waals surface area contributed by atoms with E-state index in [1.165, 1.54) is 12.1 Å². The van der Waals surface area contributed by atoms with Crippen molar-refractivity contribution >= 4 is 0 Å². The second-order valence-corrected chi connectivity index (χ2v) is 4.33. The Morgan fingerprint density at radius 1 is 1.24 bits per heavy atom. The number of benzene rings is 1. The lowest BCUT2D eigenvalue weighted by molar-refractivity contribution is -0.137. The maximum Gasteiger partial charge on any atom is 0.417 e. The summed E-state index contributed by atoms with van der Waals surface area (Å²) in [6.07, 6.45) is -3.52. The number of ether oxygens (including phenoxy) is 1. The average molecular weight is 292 g/mol. The summed E-state index contributed by atoms with van der Waals surface area (Å²) in [4.78, 5) is 4.08. The van der Waals surface area contributed by atoms with Gasteiger partial charge in [0.25, 0.3) is 0 Å². The first-order chi connectivity index (χ1) is 9.91. The molecule has 1 aromatic heterocycles. The third-order valence-corrected chi connectivity index (χ3v) is 2.83. The molecule has 0 amide bonds. The van der Waals surface area contributed by atoms with Gasteiger partial charge < -0.3 is 4.74 Å². The van der Waals surface area contributed by atoms with E-state index in [0.717, 1.165) is 12.1 Å². The van der Waals surface area contributed by atoms with E-state index >= 15 is 0 Å². The van der Waals surface area contributed by atoms with Gasteiger partial charge in [-0.25, -0.2) is 0 Å². The van der Waals surface area contributed by atoms with Gasteiger partial charge in [0.1, 0.15) is 11.9 Å². The largest absolute Gasteiger partial charge is 0.484 e. The summed E-state index contributed by atoms with van der Waals surface area (Å²) >= 11 is 0. The maximum absolute atomic E-state index is 12.9. The predicted octanol–water partition coefficient (Wildman–Crippen LogP) is 4.11. The summed E-state index contributed by atoms with van der Waals surface area (Å²) in [6.45, 7) is 1.69. The monoisotopic (exact) mass is 292 g/mol. The molecule has 0 bridgehead atoms. The fourth-order valence-electron chi connectivity index (χ4n) is 1.81. The Labute approximate surface area is 119 Å². The summed E-state index contributed by atoms with van der Waals surface area (Å²) in [5.74, 6) is 0.0412. The summed E-state index contributed by atoms with van der Waals surface area (Å²) in [7, 11) is 0. The van der Waals surface area contributed by atoms with Crippen molar-refractivity contribution in [2.24, 2.45) is 0 Å². The molecule has 0 saturated heterocycles. The topological polar surface area (TPSA) is 45.9 Å². The Morgan fingerprint density at radius 3 is 2.57 bits per heavy atom. The number of hydrogen-bond acceptors (Lipinski definition) is 3. The molecule has 1 aromatic carbocycles. The highest BCUT2D eigenvalue weighted by atomic mass is 19.4. The lowest BCUT2D eigenvalue weighted by atomic mass is 10.1. The fraction of sp³-hybridized carbons (Fsp3) is 0.200. The molecule has 2 aromatic rings. The highest BCUT2D eigenvalue weighted by Crippen LogP contribution is 2.35. The molecule has 0 aliphatic rings. The number of halogens is 3. The van der Waals surface area contributed by atoms with E-state index in [0.29, 0.717) is 5.69 Å². The van der Waals surface area contributed by atoms with Gasteiger partial charge in [0.15, 0.2) is 0 Å². The van der Waals surface area contributed by atoms with E-state index in [-0.39, 0.29) is 5.75 Å². The van der Waals surface area contributed by atoms with Crippen LogP contribution in [0.1, 0.15) is 29.8 Å². The van der Waals surface area contributed by atoms with Gasteiger partial charge in [-0.05, 0) is 37.3 Å². The number of nitriles is 1. The van der Waals surface area contributed by atoms with Crippen LogP contribution in [0, 0.1) is 11.3 Å². The van der Waals surface area contributed by atoms with E-state index in [1.54, 1.807) is 31.3 Å². The van der Waals surface area contributed by atoms with E-state index in [2.05, 4.69) is 4.98 Å². The van der Waals surface area contributed by atoms with Crippen LogP contribution in [0.3, 0.4) is 0 Å². The van der Waals surface area contributed by atoms with Crippen molar-refractivity contribution in [1.29, 1.82) is 5.26 Å². The van der Waals surface area contributed by atoms with Crippen molar-refractivity contribution in [2.45, 2.75) is 19.2 Å². The van der Waals surface area contributed by atoms with Crippen molar-refractivity contribution in [3.63, 3.8) is 0 Å². The van der Waals surface area contributed by atoms with Crippen LogP contribution < -0.4 is 4.74 Å². The molecule has 1 unspecified atom stereocenters. The number of hydrogen-bond donors (Lipinski definition) is 0. The van der Waals surface area contributed by atoms with E-state index in [1.807, 2.05) is 0 Å². The molecule has 0 spiro atoms. The quantitative estimate of drug-likeness (QED) is 0.855. The predicted molar refractivity (Wildman–Crippen MR) is 69.4 cm³/mol. The number of aromatic nitrogens is 1. The molecule has 0 N–H and O–H groups in total. The van der Waals surface area contributed by atoms with Gasteiger partial charge in [-0.1, -0.05) is 6.07 Å². The summed E-state index contributed by atoms with van der Waals surface area (Å²) < 4.78 is 44.0. The van der Waals surface area contributed by atoms with Gasteiger partial charge >= 0.3 is 6.18 Å². The van der Waals surface area contributed by atoms with Gasteiger partial charge in [0.05, 0.1) is 22.9 Å². The standard InChI is InChI=1S/C15H11F3N2O/c1-10(14-4-2-3-7-20-14)21-12-6-5-11(9-19)13(8-12)15(16,17)18/h2-8,10H,1H3. The van der Waals surface area contributed by atoms with Crippen molar-refractivity contribution in [3.05, 3.63) is 59.4 Å². The lowest BCUT2D eigenvalue weighted by Gasteiger charge is -2.16. The summed E-state index contributed by atoms with van der Waals surface area (Å²) in [6, 6.07) is 10.0. The Balaban J connectivity index is 2.28.